The van der Waals surface area contributed by atoms with E-state index in [0.29, 0.717) is 0 Å². The van der Waals surface area contributed by atoms with Crippen LogP contribution in [0.5, 0.6) is 0 Å². The van der Waals surface area contributed by atoms with Crippen molar-refractivity contribution in [3.63, 3.8) is 0 Å². The molecule has 0 amide bonds. The molecule has 1 aromatic heterocycles. The molecule has 0 spiro atoms. The summed E-state index contributed by atoms with van der Waals surface area (Å²) < 4.78 is 3.53. The average molecular weight is 448 g/mol. The minimum Gasteiger partial charge on any atom is -0.372 e. The van der Waals surface area contributed by atoms with Gasteiger partial charge in [-0.05, 0) is 57.9 Å². The molecule has 2 aromatic rings. The van der Waals surface area contributed by atoms with Crippen LogP contribution < -0.4 is 9.47 Å². The maximum absolute atomic E-state index is 2.36. The van der Waals surface area contributed by atoms with Crippen LogP contribution in [0.4, 0.5) is 5.69 Å². The third-order valence-electron chi connectivity index (χ3n) is 6.91. The topological polar surface area (TPSA) is 7.12 Å². The molecule has 0 saturated heterocycles. The highest BCUT2D eigenvalue weighted by Gasteiger charge is 2.20. The van der Waals surface area contributed by atoms with Gasteiger partial charge >= 0.3 is 0 Å². The van der Waals surface area contributed by atoms with Gasteiger partial charge in [0.25, 0.3) is 0 Å². The first-order chi connectivity index (χ1) is 16.1. The second-order valence-electron chi connectivity index (χ2n) is 8.60. The lowest BCUT2D eigenvalue weighted by Gasteiger charge is -2.35. The second kappa shape index (κ2) is 14.5. The molecule has 0 atom stereocenters. The first-order valence-electron chi connectivity index (χ1n) is 12.8. The standard InChI is InChI=1S/C30H45N3/c1-6-32(7-2)30-20-18-28(19-21-30)16-13-11-12-14-17-29-22-25-31(26-23-29)24-15-27-33(8-3,9-4)10-5/h11-14,16-23,25-26H,6-10,15,24,27H2,1-5H3/q+2. The number of aromatic nitrogens is 1. The van der Waals surface area contributed by atoms with Gasteiger partial charge in [0.1, 0.15) is 0 Å². The van der Waals surface area contributed by atoms with Crippen LogP contribution in [0.25, 0.3) is 12.2 Å². The zero-order valence-corrected chi connectivity index (χ0v) is 21.6. The summed E-state index contributed by atoms with van der Waals surface area (Å²) in [6.07, 6.45) is 18.3. The van der Waals surface area contributed by atoms with E-state index in [1.165, 1.54) is 53.9 Å². The molecule has 0 N–H and O–H groups in total. The van der Waals surface area contributed by atoms with Gasteiger partial charge in [-0.15, -0.1) is 0 Å². The van der Waals surface area contributed by atoms with Crippen LogP contribution in [-0.2, 0) is 6.54 Å². The molecule has 33 heavy (non-hydrogen) atoms. The van der Waals surface area contributed by atoms with Crippen LogP contribution in [0.15, 0.2) is 73.1 Å². The highest BCUT2D eigenvalue weighted by atomic mass is 15.3. The first-order valence-corrected chi connectivity index (χ1v) is 12.8. The summed E-state index contributed by atoms with van der Waals surface area (Å²) in [5.74, 6) is 0. The Morgan fingerprint density at radius 2 is 1.21 bits per heavy atom. The predicted molar refractivity (Wildman–Crippen MR) is 145 cm³/mol. The molecule has 0 unspecified atom stereocenters. The van der Waals surface area contributed by atoms with E-state index in [4.69, 9.17) is 0 Å². The molecule has 0 bridgehead atoms. The molecule has 1 heterocycles. The molecule has 0 fully saturated rings. The Balaban J connectivity index is 1.79. The van der Waals surface area contributed by atoms with Crippen molar-refractivity contribution < 1.29 is 9.05 Å². The van der Waals surface area contributed by atoms with E-state index < -0.39 is 0 Å². The minimum atomic E-state index is 1.04. The Morgan fingerprint density at radius 1 is 0.697 bits per heavy atom. The number of quaternary nitrogens is 1. The normalized spacial score (nSPS) is 12.4. The van der Waals surface area contributed by atoms with Crippen LogP contribution in [0.2, 0.25) is 0 Å². The van der Waals surface area contributed by atoms with E-state index >= 15 is 0 Å². The van der Waals surface area contributed by atoms with Crippen molar-refractivity contribution in [2.45, 2.75) is 47.6 Å². The number of pyridine rings is 1. The molecule has 0 radical (unpaired) electrons. The van der Waals surface area contributed by atoms with Crippen molar-refractivity contribution in [3.05, 3.63) is 84.2 Å². The van der Waals surface area contributed by atoms with Crippen LogP contribution in [0.3, 0.4) is 0 Å². The molecule has 0 aliphatic heterocycles. The smallest absolute Gasteiger partial charge is 0.169 e. The summed E-state index contributed by atoms with van der Waals surface area (Å²) >= 11 is 0. The molecular weight excluding hydrogens is 402 g/mol. The monoisotopic (exact) mass is 447 g/mol. The summed E-state index contributed by atoms with van der Waals surface area (Å²) in [5.41, 5.74) is 3.74. The number of hydrogen-bond donors (Lipinski definition) is 0. The lowest BCUT2D eigenvalue weighted by molar-refractivity contribution is -0.925. The Labute approximate surface area is 203 Å². The lowest BCUT2D eigenvalue weighted by atomic mass is 10.1. The molecule has 178 valence electrons. The number of rotatable bonds is 14. The Bertz CT molecular complexity index is 859. The van der Waals surface area contributed by atoms with Crippen LogP contribution in [0, 0.1) is 0 Å². The van der Waals surface area contributed by atoms with Gasteiger partial charge in [-0.25, -0.2) is 4.57 Å². The summed E-state index contributed by atoms with van der Waals surface area (Å²) in [4.78, 5) is 2.36. The van der Waals surface area contributed by atoms with E-state index in [-0.39, 0.29) is 0 Å². The third-order valence-corrected chi connectivity index (χ3v) is 6.91. The zero-order valence-electron chi connectivity index (χ0n) is 21.6. The minimum absolute atomic E-state index is 1.04. The van der Waals surface area contributed by atoms with Gasteiger partial charge in [0.05, 0.1) is 32.6 Å². The number of anilines is 1. The molecule has 3 nitrogen and oxygen atoms in total. The fourth-order valence-corrected chi connectivity index (χ4v) is 4.31. The number of nitrogens with zero attached hydrogens (tertiary/aromatic N) is 3. The Kier molecular flexibility index (Phi) is 11.7. The largest absolute Gasteiger partial charge is 0.372 e. The van der Waals surface area contributed by atoms with Crippen molar-refractivity contribution >= 4 is 17.8 Å². The zero-order chi connectivity index (χ0) is 23.9. The Hall–Kier alpha value is -2.65. The van der Waals surface area contributed by atoms with E-state index in [1.807, 2.05) is 0 Å². The van der Waals surface area contributed by atoms with Gasteiger partial charge in [0.2, 0.25) is 0 Å². The molecular formula is C30H45N3+2. The van der Waals surface area contributed by atoms with E-state index in [1.54, 1.807) is 0 Å². The average Bonchev–Trinajstić information content (AvgIpc) is 2.87. The van der Waals surface area contributed by atoms with Crippen LogP contribution >= 0.6 is 0 Å². The Morgan fingerprint density at radius 3 is 1.70 bits per heavy atom. The highest BCUT2D eigenvalue weighted by molar-refractivity contribution is 5.57. The van der Waals surface area contributed by atoms with Gasteiger partial charge in [-0.2, -0.15) is 0 Å². The van der Waals surface area contributed by atoms with Gasteiger partial charge in [0, 0.05) is 30.9 Å². The molecule has 1 aromatic carbocycles. The fourth-order valence-electron chi connectivity index (χ4n) is 4.31. The van der Waals surface area contributed by atoms with Crippen LogP contribution in [0.1, 0.15) is 52.2 Å². The number of allylic oxidation sites excluding steroid dienone is 4. The van der Waals surface area contributed by atoms with Crippen molar-refractivity contribution in [2.24, 2.45) is 0 Å². The highest BCUT2D eigenvalue weighted by Crippen LogP contribution is 2.15. The van der Waals surface area contributed by atoms with Gasteiger partial charge in [-0.3, -0.25) is 0 Å². The van der Waals surface area contributed by atoms with E-state index in [2.05, 4.69) is 129 Å². The summed E-state index contributed by atoms with van der Waals surface area (Å²) in [6, 6.07) is 13.1. The fraction of sp³-hybridized carbons (Fsp3) is 0.433. The quantitative estimate of drug-likeness (QED) is 0.185. The number of benzene rings is 1. The first kappa shape index (κ1) is 26.6. The maximum atomic E-state index is 2.36. The summed E-state index contributed by atoms with van der Waals surface area (Å²) in [6.45, 7) is 19.5. The molecule has 3 heteroatoms. The second-order valence-corrected chi connectivity index (χ2v) is 8.60. The van der Waals surface area contributed by atoms with Gasteiger partial charge < -0.3 is 9.38 Å². The van der Waals surface area contributed by atoms with Gasteiger partial charge in [-0.1, -0.05) is 48.6 Å². The molecule has 0 aliphatic carbocycles. The summed E-state index contributed by atoms with van der Waals surface area (Å²) in [5, 5.41) is 0. The molecule has 0 saturated carbocycles. The molecule has 0 aliphatic rings. The predicted octanol–water partition coefficient (Wildman–Crippen LogP) is 6.37. The molecule has 2 rings (SSSR count). The van der Waals surface area contributed by atoms with Gasteiger partial charge in [0.15, 0.2) is 18.9 Å². The summed E-state index contributed by atoms with van der Waals surface area (Å²) in [7, 11) is 0. The number of hydrogen-bond acceptors (Lipinski definition) is 1. The van der Waals surface area contributed by atoms with E-state index in [9.17, 15) is 0 Å². The van der Waals surface area contributed by atoms with E-state index in [0.717, 1.165) is 19.6 Å². The van der Waals surface area contributed by atoms with Crippen molar-refractivity contribution in [2.75, 3.05) is 44.2 Å². The number of aryl methyl sites for hydroxylation is 1. The van der Waals surface area contributed by atoms with Crippen molar-refractivity contribution in [1.29, 1.82) is 0 Å². The SMILES string of the molecule is CCN(CC)c1ccc(\C=C/C=C/C=C\c2cc[n+](CCC[N+](CC)(CC)CC)cc2)cc1. The third kappa shape index (κ3) is 8.66. The maximum Gasteiger partial charge on any atom is 0.169 e. The van der Waals surface area contributed by atoms with Crippen LogP contribution in [-0.4, -0.2) is 43.8 Å². The lowest BCUT2D eigenvalue weighted by Crippen LogP contribution is -2.49. The van der Waals surface area contributed by atoms with Crippen molar-refractivity contribution in [1.82, 2.24) is 0 Å². The van der Waals surface area contributed by atoms with Crippen molar-refractivity contribution in [3.8, 4) is 0 Å².